The maximum Gasteiger partial charge on any atom is 0.317 e. The summed E-state index contributed by atoms with van der Waals surface area (Å²) < 4.78 is 6.27. The summed E-state index contributed by atoms with van der Waals surface area (Å²) in [7, 11) is 0. The summed E-state index contributed by atoms with van der Waals surface area (Å²) in [6.45, 7) is 7.55. The van der Waals surface area contributed by atoms with Crippen LogP contribution in [0.25, 0.3) is 10.8 Å². The summed E-state index contributed by atoms with van der Waals surface area (Å²) in [5.41, 5.74) is 1.48. The van der Waals surface area contributed by atoms with Crippen LogP contribution in [0.4, 0.5) is 0 Å². The van der Waals surface area contributed by atoms with Crippen molar-refractivity contribution in [2.24, 2.45) is 11.3 Å². The molecular weight excluding hydrogens is 338 g/mol. The third-order valence-electron chi connectivity index (χ3n) is 5.68. The Balaban J connectivity index is 1.59. The fraction of sp³-hybridized carbons (Fsp3) is 0.522. The minimum atomic E-state index is -0.839. The Bertz CT molecular complexity index is 786. The van der Waals surface area contributed by atoms with Gasteiger partial charge in [-0.2, -0.15) is 0 Å². The van der Waals surface area contributed by atoms with Crippen LogP contribution in [-0.2, 0) is 11.3 Å². The number of hydrogen-bond donors (Lipinski definition) is 2. The molecule has 2 aromatic rings. The molecule has 4 heteroatoms. The van der Waals surface area contributed by atoms with E-state index in [2.05, 4.69) is 50.4 Å². The van der Waals surface area contributed by atoms with Crippen molar-refractivity contribution < 1.29 is 14.6 Å². The molecule has 2 N–H and O–H groups in total. The van der Waals surface area contributed by atoms with Gasteiger partial charge in [0.2, 0.25) is 0 Å². The molecule has 1 saturated carbocycles. The Morgan fingerprint density at radius 1 is 1.07 bits per heavy atom. The van der Waals surface area contributed by atoms with Crippen LogP contribution < -0.4 is 10.1 Å². The quantitative estimate of drug-likeness (QED) is 0.752. The molecule has 1 fully saturated rings. The van der Waals surface area contributed by atoms with Crippen LogP contribution in [0.3, 0.4) is 0 Å². The Kier molecular flexibility index (Phi) is 6.05. The van der Waals surface area contributed by atoms with Gasteiger partial charge in [-0.25, -0.2) is 0 Å². The van der Waals surface area contributed by atoms with E-state index in [1.165, 1.54) is 12.8 Å². The van der Waals surface area contributed by atoms with Crippen molar-refractivity contribution in [3.63, 3.8) is 0 Å². The number of hydrogen-bond acceptors (Lipinski definition) is 3. The van der Waals surface area contributed by atoms with Crippen molar-refractivity contribution in [3.05, 3.63) is 42.0 Å². The molecule has 27 heavy (non-hydrogen) atoms. The largest absolute Gasteiger partial charge is 0.490 e. The standard InChI is InChI=1S/C23H31NO3/c1-23(2,3)19-7-10-20(11-8-19)27-21-9-6-17-12-16(4-5-18(17)13-21)14-24-15-22(25)26/h4-6,9,12-13,19-20,24H,7-8,10-11,14-15H2,1-3H3,(H,25,26)/t19-,20-. The van der Waals surface area contributed by atoms with E-state index in [-0.39, 0.29) is 6.54 Å². The fourth-order valence-electron chi connectivity index (χ4n) is 4.01. The van der Waals surface area contributed by atoms with Crippen molar-refractivity contribution in [1.29, 1.82) is 0 Å². The third-order valence-corrected chi connectivity index (χ3v) is 5.68. The zero-order valence-electron chi connectivity index (χ0n) is 16.6. The van der Waals surface area contributed by atoms with Gasteiger partial charge in [0.05, 0.1) is 12.6 Å². The van der Waals surface area contributed by atoms with Crippen LogP contribution >= 0.6 is 0 Å². The molecule has 0 atom stereocenters. The molecule has 4 nitrogen and oxygen atoms in total. The van der Waals surface area contributed by atoms with Gasteiger partial charge >= 0.3 is 5.97 Å². The highest BCUT2D eigenvalue weighted by Gasteiger charge is 2.30. The molecule has 0 spiro atoms. The lowest BCUT2D eigenvalue weighted by molar-refractivity contribution is -0.135. The van der Waals surface area contributed by atoms with Crippen molar-refractivity contribution in [1.82, 2.24) is 5.32 Å². The van der Waals surface area contributed by atoms with E-state index >= 15 is 0 Å². The van der Waals surface area contributed by atoms with Crippen LogP contribution in [0.15, 0.2) is 36.4 Å². The van der Waals surface area contributed by atoms with Gasteiger partial charge in [-0.3, -0.25) is 4.79 Å². The first kappa shape index (κ1) is 19.7. The van der Waals surface area contributed by atoms with E-state index in [1.54, 1.807) is 0 Å². The molecule has 0 aliphatic heterocycles. The van der Waals surface area contributed by atoms with Gasteiger partial charge in [0, 0.05) is 6.54 Å². The highest BCUT2D eigenvalue weighted by atomic mass is 16.5. The molecule has 0 heterocycles. The lowest BCUT2D eigenvalue weighted by Gasteiger charge is -2.37. The summed E-state index contributed by atoms with van der Waals surface area (Å²) in [6.07, 6.45) is 5.08. The monoisotopic (exact) mass is 369 g/mol. The number of carboxylic acid groups (broad SMARTS) is 1. The molecule has 2 aromatic carbocycles. The molecule has 0 aromatic heterocycles. The van der Waals surface area contributed by atoms with E-state index < -0.39 is 5.97 Å². The number of benzene rings is 2. The zero-order chi connectivity index (χ0) is 19.4. The van der Waals surface area contributed by atoms with E-state index in [4.69, 9.17) is 9.84 Å². The molecule has 0 radical (unpaired) electrons. The number of rotatable bonds is 6. The predicted molar refractivity (Wildman–Crippen MR) is 109 cm³/mol. The van der Waals surface area contributed by atoms with Crippen LogP contribution in [0.1, 0.15) is 52.0 Å². The van der Waals surface area contributed by atoms with Gasteiger partial charge in [0.25, 0.3) is 0 Å². The smallest absolute Gasteiger partial charge is 0.317 e. The van der Waals surface area contributed by atoms with Crippen molar-refractivity contribution in [2.45, 2.75) is 59.1 Å². The first-order valence-corrected chi connectivity index (χ1v) is 9.93. The lowest BCUT2D eigenvalue weighted by Crippen LogP contribution is -2.30. The second kappa shape index (κ2) is 8.30. The highest BCUT2D eigenvalue weighted by molar-refractivity contribution is 5.84. The SMILES string of the molecule is CC(C)(C)[C@H]1CC[C@H](Oc2ccc3cc(CNCC(=O)O)ccc3c2)CC1. The van der Waals surface area contributed by atoms with E-state index in [0.717, 1.165) is 40.8 Å². The molecular formula is C23H31NO3. The molecule has 0 amide bonds. The number of ether oxygens (including phenoxy) is 1. The van der Waals surface area contributed by atoms with E-state index in [0.29, 0.717) is 18.1 Å². The number of carbonyl (C=O) groups is 1. The summed E-state index contributed by atoms with van der Waals surface area (Å²) in [5, 5.41) is 13.9. The Labute approximate surface area is 161 Å². The summed E-state index contributed by atoms with van der Waals surface area (Å²) in [5.74, 6) is 0.898. The predicted octanol–water partition coefficient (Wildman–Crippen LogP) is 5.00. The number of carboxylic acids is 1. The molecule has 0 saturated heterocycles. The van der Waals surface area contributed by atoms with Crippen molar-refractivity contribution >= 4 is 16.7 Å². The second-order valence-corrected chi connectivity index (χ2v) is 8.80. The summed E-state index contributed by atoms with van der Waals surface area (Å²) >= 11 is 0. The normalized spacial score (nSPS) is 20.6. The maximum absolute atomic E-state index is 10.6. The Morgan fingerprint density at radius 2 is 1.74 bits per heavy atom. The highest BCUT2D eigenvalue weighted by Crippen LogP contribution is 2.39. The fourth-order valence-corrected chi connectivity index (χ4v) is 4.01. The minimum absolute atomic E-state index is 0.0255. The van der Waals surface area contributed by atoms with Gasteiger partial charge in [-0.15, -0.1) is 0 Å². The Hall–Kier alpha value is -2.07. The van der Waals surface area contributed by atoms with E-state index in [1.807, 2.05) is 12.1 Å². The van der Waals surface area contributed by atoms with Gasteiger partial charge in [0.15, 0.2) is 0 Å². The van der Waals surface area contributed by atoms with Gasteiger partial charge in [-0.1, -0.05) is 39.0 Å². The number of aliphatic carboxylic acids is 1. The average molecular weight is 370 g/mol. The van der Waals surface area contributed by atoms with Crippen molar-refractivity contribution in [2.75, 3.05) is 6.54 Å². The molecule has 0 unspecified atom stereocenters. The number of nitrogens with one attached hydrogen (secondary N) is 1. The summed E-state index contributed by atoms with van der Waals surface area (Å²) in [4.78, 5) is 10.6. The van der Waals surface area contributed by atoms with Crippen LogP contribution in [-0.4, -0.2) is 23.7 Å². The van der Waals surface area contributed by atoms with Gasteiger partial charge in [-0.05, 0) is 71.6 Å². The summed E-state index contributed by atoms with van der Waals surface area (Å²) in [6, 6.07) is 12.5. The van der Waals surface area contributed by atoms with Crippen LogP contribution in [0.5, 0.6) is 5.75 Å². The second-order valence-electron chi connectivity index (χ2n) is 8.80. The van der Waals surface area contributed by atoms with Crippen molar-refractivity contribution in [3.8, 4) is 5.75 Å². The molecule has 3 rings (SSSR count). The molecule has 1 aliphatic rings. The van der Waals surface area contributed by atoms with Crippen LogP contribution in [0, 0.1) is 11.3 Å². The third kappa shape index (κ3) is 5.46. The number of fused-ring (bicyclic) bond motifs is 1. The minimum Gasteiger partial charge on any atom is -0.490 e. The Morgan fingerprint density at radius 3 is 2.41 bits per heavy atom. The lowest BCUT2D eigenvalue weighted by atomic mass is 9.72. The average Bonchev–Trinajstić information content (AvgIpc) is 2.61. The van der Waals surface area contributed by atoms with Gasteiger partial charge < -0.3 is 15.2 Å². The van der Waals surface area contributed by atoms with Gasteiger partial charge in [0.1, 0.15) is 5.75 Å². The first-order valence-electron chi connectivity index (χ1n) is 9.93. The molecule has 0 bridgehead atoms. The maximum atomic E-state index is 10.6. The van der Waals surface area contributed by atoms with Crippen LogP contribution in [0.2, 0.25) is 0 Å². The zero-order valence-corrected chi connectivity index (χ0v) is 16.6. The molecule has 146 valence electrons. The van der Waals surface area contributed by atoms with E-state index in [9.17, 15) is 4.79 Å². The molecule has 1 aliphatic carbocycles. The first-order chi connectivity index (χ1) is 12.8. The topological polar surface area (TPSA) is 58.6 Å².